The minimum absolute atomic E-state index is 0.0751. The van der Waals surface area contributed by atoms with Gasteiger partial charge in [-0.05, 0) is 38.5 Å². The highest BCUT2D eigenvalue weighted by molar-refractivity contribution is 5.74. The SMILES string of the molecule is CC1CCC(NC(=O)NCC(C)(O)CC(=O)O)CC1. The van der Waals surface area contributed by atoms with E-state index in [0.29, 0.717) is 0 Å². The molecule has 0 spiro atoms. The van der Waals surface area contributed by atoms with E-state index < -0.39 is 18.0 Å². The van der Waals surface area contributed by atoms with Crippen molar-refractivity contribution in [3.05, 3.63) is 0 Å². The van der Waals surface area contributed by atoms with Gasteiger partial charge in [-0.15, -0.1) is 0 Å². The third kappa shape index (κ3) is 6.42. The second kappa shape index (κ2) is 6.75. The first kappa shape index (κ1) is 15.8. The van der Waals surface area contributed by atoms with Crippen LogP contribution in [0.3, 0.4) is 0 Å². The molecule has 0 radical (unpaired) electrons. The number of aliphatic hydroxyl groups is 1. The highest BCUT2D eigenvalue weighted by Gasteiger charge is 2.25. The summed E-state index contributed by atoms with van der Waals surface area (Å²) in [5, 5.41) is 23.7. The number of aliphatic carboxylic acids is 1. The van der Waals surface area contributed by atoms with Gasteiger partial charge in [0.2, 0.25) is 0 Å². The molecule has 0 heterocycles. The van der Waals surface area contributed by atoms with Crippen LogP contribution in [0.4, 0.5) is 4.79 Å². The Morgan fingerprint density at radius 3 is 2.37 bits per heavy atom. The van der Waals surface area contributed by atoms with Crippen LogP contribution in [0.2, 0.25) is 0 Å². The molecule has 0 aromatic carbocycles. The minimum atomic E-state index is -1.43. The Labute approximate surface area is 113 Å². The number of carbonyl (C=O) groups is 2. The zero-order chi connectivity index (χ0) is 14.5. The first-order valence-electron chi connectivity index (χ1n) is 6.77. The maximum atomic E-state index is 11.6. The Kier molecular flexibility index (Phi) is 5.60. The highest BCUT2D eigenvalue weighted by Crippen LogP contribution is 2.23. The van der Waals surface area contributed by atoms with E-state index in [-0.39, 0.29) is 18.6 Å². The Hall–Kier alpha value is -1.30. The van der Waals surface area contributed by atoms with Crippen LogP contribution in [0.1, 0.15) is 46.0 Å². The van der Waals surface area contributed by atoms with Crippen molar-refractivity contribution < 1.29 is 19.8 Å². The third-order valence-corrected chi connectivity index (χ3v) is 3.51. The van der Waals surface area contributed by atoms with E-state index in [2.05, 4.69) is 17.6 Å². The average molecular weight is 272 g/mol. The van der Waals surface area contributed by atoms with Crippen molar-refractivity contribution in [2.45, 2.75) is 57.6 Å². The lowest BCUT2D eigenvalue weighted by Gasteiger charge is -2.28. The Morgan fingerprint density at radius 1 is 1.26 bits per heavy atom. The fourth-order valence-electron chi connectivity index (χ4n) is 2.30. The number of nitrogens with one attached hydrogen (secondary N) is 2. The Bertz CT molecular complexity index is 323. The zero-order valence-corrected chi connectivity index (χ0v) is 11.6. The Balaban J connectivity index is 2.26. The van der Waals surface area contributed by atoms with Gasteiger partial charge in [0.05, 0.1) is 12.0 Å². The Morgan fingerprint density at radius 2 is 1.84 bits per heavy atom. The molecule has 1 unspecified atom stereocenters. The van der Waals surface area contributed by atoms with E-state index in [9.17, 15) is 14.7 Å². The molecule has 19 heavy (non-hydrogen) atoms. The molecule has 1 rings (SSSR count). The summed E-state index contributed by atoms with van der Waals surface area (Å²) in [5.74, 6) is -0.370. The predicted octanol–water partition coefficient (Wildman–Crippen LogP) is 1.09. The number of hydrogen-bond acceptors (Lipinski definition) is 3. The molecule has 1 atom stereocenters. The van der Waals surface area contributed by atoms with Gasteiger partial charge in [0.15, 0.2) is 0 Å². The molecule has 0 saturated heterocycles. The van der Waals surface area contributed by atoms with Crippen LogP contribution in [0.15, 0.2) is 0 Å². The van der Waals surface area contributed by atoms with Gasteiger partial charge in [0.25, 0.3) is 0 Å². The molecule has 1 fully saturated rings. The highest BCUT2D eigenvalue weighted by atomic mass is 16.4. The molecule has 0 aromatic heterocycles. The van der Waals surface area contributed by atoms with Crippen LogP contribution >= 0.6 is 0 Å². The van der Waals surface area contributed by atoms with Crippen LogP contribution in [0, 0.1) is 5.92 Å². The summed E-state index contributed by atoms with van der Waals surface area (Å²) in [6.07, 6.45) is 3.78. The summed E-state index contributed by atoms with van der Waals surface area (Å²) in [7, 11) is 0. The first-order valence-corrected chi connectivity index (χ1v) is 6.77. The van der Waals surface area contributed by atoms with E-state index in [1.807, 2.05) is 0 Å². The van der Waals surface area contributed by atoms with Crippen molar-refractivity contribution in [2.24, 2.45) is 5.92 Å². The molecular formula is C13H24N2O4. The van der Waals surface area contributed by atoms with E-state index >= 15 is 0 Å². The summed E-state index contributed by atoms with van der Waals surface area (Å²) in [4.78, 5) is 22.2. The fraction of sp³-hybridized carbons (Fsp3) is 0.846. The molecule has 2 amide bonds. The average Bonchev–Trinajstić information content (AvgIpc) is 2.28. The summed E-state index contributed by atoms with van der Waals surface area (Å²) in [6, 6.07) is -0.161. The van der Waals surface area contributed by atoms with Crippen LogP contribution in [0.5, 0.6) is 0 Å². The van der Waals surface area contributed by atoms with Crippen LogP contribution in [0.25, 0.3) is 0 Å². The second-order valence-electron chi connectivity index (χ2n) is 5.85. The van der Waals surface area contributed by atoms with E-state index in [4.69, 9.17) is 5.11 Å². The van der Waals surface area contributed by atoms with E-state index in [0.717, 1.165) is 31.6 Å². The molecule has 1 aliphatic carbocycles. The lowest BCUT2D eigenvalue weighted by molar-refractivity contribution is -0.141. The van der Waals surface area contributed by atoms with Gasteiger partial charge in [-0.2, -0.15) is 0 Å². The third-order valence-electron chi connectivity index (χ3n) is 3.51. The molecule has 6 nitrogen and oxygen atoms in total. The topological polar surface area (TPSA) is 98.7 Å². The number of carboxylic acids is 1. The van der Waals surface area contributed by atoms with Gasteiger partial charge in [-0.25, -0.2) is 4.79 Å². The smallest absolute Gasteiger partial charge is 0.315 e. The standard InChI is InChI=1S/C13H24N2O4/c1-9-3-5-10(6-4-9)15-12(18)14-8-13(2,19)7-11(16)17/h9-10,19H,3-8H2,1-2H3,(H,16,17)(H2,14,15,18). The molecule has 0 bridgehead atoms. The summed E-state index contributed by atoms with van der Waals surface area (Å²) in [6.45, 7) is 3.53. The molecule has 4 N–H and O–H groups in total. The largest absolute Gasteiger partial charge is 0.481 e. The van der Waals surface area contributed by atoms with Crippen molar-refractivity contribution in [1.29, 1.82) is 0 Å². The van der Waals surface area contributed by atoms with Crippen LogP contribution in [-0.4, -0.2) is 40.4 Å². The quantitative estimate of drug-likeness (QED) is 0.602. The monoisotopic (exact) mass is 272 g/mol. The number of hydrogen-bond donors (Lipinski definition) is 4. The van der Waals surface area contributed by atoms with Gasteiger partial charge in [-0.1, -0.05) is 6.92 Å². The summed E-state index contributed by atoms with van der Waals surface area (Å²) in [5.41, 5.74) is -1.43. The van der Waals surface area contributed by atoms with Gasteiger partial charge in [0.1, 0.15) is 0 Å². The van der Waals surface area contributed by atoms with Crippen molar-refractivity contribution in [2.75, 3.05) is 6.54 Å². The molecule has 110 valence electrons. The predicted molar refractivity (Wildman–Crippen MR) is 70.8 cm³/mol. The van der Waals surface area contributed by atoms with E-state index in [1.54, 1.807) is 0 Å². The molecular weight excluding hydrogens is 248 g/mol. The number of carboxylic acid groups (broad SMARTS) is 1. The van der Waals surface area contributed by atoms with Crippen LogP contribution in [-0.2, 0) is 4.79 Å². The van der Waals surface area contributed by atoms with Crippen LogP contribution < -0.4 is 10.6 Å². The van der Waals surface area contributed by atoms with Gasteiger partial charge < -0.3 is 20.8 Å². The van der Waals surface area contributed by atoms with Crippen molar-refractivity contribution in [3.63, 3.8) is 0 Å². The van der Waals surface area contributed by atoms with Crippen molar-refractivity contribution >= 4 is 12.0 Å². The van der Waals surface area contributed by atoms with Gasteiger partial charge in [0, 0.05) is 12.6 Å². The fourth-order valence-corrected chi connectivity index (χ4v) is 2.30. The first-order chi connectivity index (χ1) is 8.78. The molecule has 0 aliphatic heterocycles. The van der Waals surface area contributed by atoms with Crippen molar-refractivity contribution in [3.8, 4) is 0 Å². The van der Waals surface area contributed by atoms with Crippen molar-refractivity contribution in [1.82, 2.24) is 10.6 Å². The maximum absolute atomic E-state index is 11.6. The zero-order valence-electron chi connectivity index (χ0n) is 11.6. The van der Waals surface area contributed by atoms with Gasteiger partial charge >= 0.3 is 12.0 Å². The molecule has 6 heteroatoms. The lowest BCUT2D eigenvalue weighted by atomic mass is 9.87. The maximum Gasteiger partial charge on any atom is 0.315 e. The normalized spacial score (nSPS) is 26.3. The number of amides is 2. The van der Waals surface area contributed by atoms with E-state index in [1.165, 1.54) is 6.92 Å². The molecule has 0 aromatic rings. The summed E-state index contributed by atoms with van der Waals surface area (Å²) >= 11 is 0. The number of carbonyl (C=O) groups excluding carboxylic acids is 1. The lowest BCUT2D eigenvalue weighted by Crippen LogP contribution is -2.48. The number of rotatable bonds is 5. The molecule has 1 aliphatic rings. The second-order valence-corrected chi connectivity index (χ2v) is 5.85. The number of urea groups is 1. The molecule has 1 saturated carbocycles. The summed E-state index contributed by atoms with van der Waals surface area (Å²) < 4.78 is 0. The minimum Gasteiger partial charge on any atom is -0.481 e. The van der Waals surface area contributed by atoms with Gasteiger partial charge in [-0.3, -0.25) is 4.79 Å².